The van der Waals surface area contributed by atoms with Gasteiger partial charge in [-0.3, -0.25) is 9.59 Å². The molecule has 104 valence electrons. The first kappa shape index (κ1) is 16.2. The van der Waals surface area contributed by atoms with E-state index in [0.29, 0.717) is 0 Å². The molecule has 0 spiro atoms. The number of hydrogen-bond acceptors (Lipinski definition) is 3. The first-order valence-corrected chi connectivity index (χ1v) is 5.65. The molecule has 0 saturated carbocycles. The van der Waals surface area contributed by atoms with Gasteiger partial charge in [0.1, 0.15) is 6.04 Å². The number of nitrogens with zero attached hydrogens (tertiary/aromatic N) is 1. The molecule has 0 bridgehead atoms. The summed E-state index contributed by atoms with van der Waals surface area (Å²) in [6, 6.07) is -1.30. The van der Waals surface area contributed by atoms with Crippen LogP contribution < -0.4 is 11.1 Å². The van der Waals surface area contributed by atoms with E-state index in [2.05, 4.69) is 5.32 Å². The molecule has 3 amide bonds. The first-order valence-electron chi connectivity index (χ1n) is 5.65. The summed E-state index contributed by atoms with van der Waals surface area (Å²) in [5, 5.41) is 11.1. The molecule has 0 aromatic rings. The Hall–Kier alpha value is -1.79. The second-order valence-corrected chi connectivity index (χ2v) is 5.04. The van der Waals surface area contributed by atoms with Gasteiger partial charge < -0.3 is 21.1 Å². The lowest BCUT2D eigenvalue weighted by Crippen LogP contribution is -2.55. The number of carboxylic acids is 1. The lowest BCUT2D eigenvalue weighted by atomic mass is 10.1. The molecule has 4 N–H and O–H groups in total. The summed E-state index contributed by atoms with van der Waals surface area (Å²) in [4.78, 5) is 34.7. The Morgan fingerprint density at radius 3 is 2.17 bits per heavy atom. The van der Waals surface area contributed by atoms with E-state index in [1.165, 1.54) is 11.8 Å². The van der Waals surface area contributed by atoms with Gasteiger partial charge in [-0.25, -0.2) is 4.79 Å². The monoisotopic (exact) mass is 259 g/mol. The van der Waals surface area contributed by atoms with Crippen molar-refractivity contribution < 1.29 is 19.5 Å². The van der Waals surface area contributed by atoms with E-state index in [1.54, 1.807) is 20.8 Å². The summed E-state index contributed by atoms with van der Waals surface area (Å²) >= 11 is 0. The van der Waals surface area contributed by atoms with Gasteiger partial charge in [0.05, 0.1) is 6.42 Å². The van der Waals surface area contributed by atoms with Crippen molar-refractivity contribution in [2.45, 2.75) is 45.7 Å². The molecule has 7 heteroatoms. The highest BCUT2D eigenvalue weighted by molar-refractivity contribution is 5.85. The van der Waals surface area contributed by atoms with Crippen molar-refractivity contribution in [3.8, 4) is 0 Å². The maximum Gasteiger partial charge on any atom is 0.318 e. The van der Waals surface area contributed by atoms with Crippen LogP contribution in [-0.2, 0) is 9.59 Å². The van der Waals surface area contributed by atoms with Gasteiger partial charge >= 0.3 is 12.0 Å². The second kappa shape index (κ2) is 6.23. The molecule has 0 fully saturated rings. The van der Waals surface area contributed by atoms with E-state index in [9.17, 15) is 14.4 Å². The molecule has 1 atom stereocenters. The highest BCUT2D eigenvalue weighted by Gasteiger charge is 2.28. The lowest BCUT2D eigenvalue weighted by Gasteiger charge is -2.35. The minimum Gasteiger partial charge on any atom is -0.481 e. The van der Waals surface area contributed by atoms with Crippen LogP contribution in [-0.4, -0.2) is 46.0 Å². The zero-order chi connectivity index (χ0) is 14.5. The Kier molecular flexibility index (Phi) is 5.61. The molecule has 0 aliphatic carbocycles. The molecule has 0 aliphatic heterocycles. The lowest BCUT2D eigenvalue weighted by molar-refractivity contribution is -0.137. The Balaban J connectivity index is 4.71. The van der Waals surface area contributed by atoms with Crippen LogP contribution in [0.2, 0.25) is 0 Å². The van der Waals surface area contributed by atoms with E-state index < -0.39 is 29.5 Å². The smallest absolute Gasteiger partial charge is 0.318 e. The van der Waals surface area contributed by atoms with Crippen molar-refractivity contribution >= 4 is 17.9 Å². The van der Waals surface area contributed by atoms with Gasteiger partial charge in [0.25, 0.3) is 0 Å². The van der Waals surface area contributed by atoms with Crippen LogP contribution in [0.25, 0.3) is 0 Å². The molecule has 0 radical (unpaired) electrons. The van der Waals surface area contributed by atoms with Gasteiger partial charge in [0.15, 0.2) is 0 Å². The summed E-state index contributed by atoms with van der Waals surface area (Å²) in [5.74, 6) is -1.63. The molecule has 0 heterocycles. The van der Waals surface area contributed by atoms with Crippen LogP contribution in [0.5, 0.6) is 0 Å². The number of nitrogens with one attached hydrogen (secondary N) is 1. The zero-order valence-corrected chi connectivity index (χ0v) is 11.2. The Morgan fingerprint density at radius 1 is 1.33 bits per heavy atom. The van der Waals surface area contributed by atoms with E-state index in [4.69, 9.17) is 10.8 Å². The van der Waals surface area contributed by atoms with Crippen molar-refractivity contribution in [2.75, 3.05) is 6.54 Å². The SMILES string of the molecule is CC(NC(=O)N(CCC(=O)O)C(C)(C)C)C(N)=O. The minimum atomic E-state index is -0.986. The van der Waals surface area contributed by atoms with E-state index >= 15 is 0 Å². The molecule has 1 unspecified atom stereocenters. The van der Waals surface area contributed by atoms with Crippen molar-refractivity contribution in [2.24, 2.45) is 5.73 Å². The van der Waals surface area contributed by atoms with Crippen molar-refractivity contribution in [1.29, 1.82) is 0 Å². The Bertz CT molecular complexity index is 336. The summed E-state index contributed by atoms with van der Waals surface area (Å²) < 4.78 is 0. The van der Waals surface area contributed by atoms with Crippen LogP contribution in [0.1, 0.15) is 34.1 Å². The van der Waals surface area contributed by atoms with Gasteiger partial charge in [-0.1, -0.05) is 0 Å². The summed E-state index contributed by atoms with van der Waals surface area (Å²) in [6.07, 6.45) is -0.157. The van der Waals surface area contributed by atoms with E-state index in [1.807, 2.05) is 0 Å². The molecule has 0 saturated heterocycles. The number of carbonyl (C=O) groups excluding carboxylic acids is 2. The fourth-order valence-corrected chi connectivity index (χ4v) is 1.28. The van der Waals surface area contributed by atoms with Crippen molar-refractivity contribution in [3.05, 3.63) is 0 Å². The van der Waals surface area contributed by atoms with Crippen molar-refractivity contribution in [3.63, 3.8) is 0 Å². The highest BCUT2D eigenvalue weighted by atomic mass is 16.4. The van der Waals surface area contributed by atoms with Crippen LogP contribution in [0.3, 0.4) is 0 Å². The number of carboxylic acid groups (broad SMARTS) is 1. The average Bonchev–Trinajstić information content (AvgIpc) is 2.14. The number of hydrogen-bond donors (Lipinski definition) is 3. The molecule has 0 rings (SSSR count). The minimum absolute atomic E-state index is 0.0656. The average molecular weight is 259 g/mol. The predicted molar refractivity (Wildman–Crippen MR) is 65.9 cm³/mol. The normalized spacial score (nSPS) is 12.7. The van der Waals surface area contributed by atoms with Gasteiger partial charge in [-0.2, -0.15) is 0 Å². The highest BCUT2D eigenvalue weighted by Crippen LogP contribution is 2.14. The zero-order valence-electron chi connectivity index (χ0n) is 11.2. The number of carbonyl (C=O) groups is 3. The standard InChI is InChI=1S/C11H21N3O4/c1-7(9(12)17)13-10(18)14(11(2,3)4)6-5-8(15)16/h7H,5-6H2,1-4H3,(H2,12,17)(H,13,18)(H,15,16). The fraction of sp³-hybridized carbons (Fsp3) is 0.727. The predicted octanol–water partition coefficient (Wildman–Crippen LogP) is 0.145. The topological polar surface area (TPSA) is 113 Å². The number of amides is 3. The molecule has 0 aliphatic rings. The Labute approximate surface area is 106 Å². The molecule has 7 nitrogen and oxygen atoms in total. The maximum absolute atomic E-state index is 11.9. The molecule has 0 aromatic heterocycles. The molecular weight excluding hydrogens is 238 g/mol. The molecule has 0 aromatic carbocycles. The summed E-state index contributed by atoms with van der Waals surface area (Å²) in [6.45, 7) is 6.88. The first-order chi connectivity index (χ1) is 8.05. The van der Waals surface area contributed by atoms with Crippen LogP contribution >= 0.6 is 0 Å². The summed E-state index contributed by atoms with van der Waals surface area (Å²) in [5.41, 5.74) is 4.50. The number of aliphatic carboxylic acids is 1. The van der Waals surface area contributed by atoms with Gasteiger partial charge in [0.2, 0.25) is 5.91 Å². The van der Waals surface area contributed by atoms with Gasteiger partial charge in [0, 0.05) is 12.1 Å². The molecular formula is C11H21N3O4. The second-order valence-electron chi connectivity index (χ2n) is 5.04. The Morgan fingerprint density at radius 2 is 1.83 bits per heavy atom. The maximum atomic E-state index is 11.9. The van der Waals surface area contributed by atoms with E-state index in [-0.39, 0.29) is 13.0 Å². The van der Waals surface area contributed by atoms with Crippen LogP contribution in [0, 0.1) is 0 Å². The van der Waals surface area contributed by atoms with Gasteiger partial charge in [-0.15, -0.1) is 0 Å². The van der Waals surface area contributed by atoms with Gasteiger partial charge in [-0.05, 0) is 27.7 Å². The fourth-order valence-electron chi connectivity index (χ4n) is 1.28. The number of nitrogens with two attached hydrogens (primary N) is 1. The van der Waals surface area contributed by atoms with Crippen LogP contribution in [0.4, 0.5) is 4.79 Å². The number of urea groups is 1. The summed E-state index contributed by atoms with van der Waals surface area (Å²) in [7, 11) is 0. The largest absolute Gasteiger partial charge is 0.481 e. The third-order valence-electron chi connectivity index (χ3n) is 2.37. The number of primary amides is 1. The third kappa shape index (κ3) is 5.51. The molecule has 18 heavy (non-hydrogen) atoms. The van der Waals surface area contributed by atoms with Crippen molar-refractivity contribution in [1.82, 2.24) is 10.2 Å². The third-order valence-corrected chi connectivity index (χ3v) is 2.37. The van der Waals surface area contributed by atoms with E-state index in [0.717, 1.165) is 0 Å². The number of rotatable bonds is 5. The van der Waals surface area contributed by atoms with Crippen LogP contribution in [0.15, 0.2) is 0 Å². The quantitative estimate of drug-likeness (QED) is 0.652.